The van der Waals surface area contributed by atoms with Gasteiger partial charge in [-0.3, -0.25) is 9.59 Å². The Kier molecular flexibility index (Phi) is 6.64. The van der Waals surface area contributed by atoms with E-state index in [9.17, 15) is 18.4 Å². The lowest BCUT2D eigenvalue weighted by Crippen LogP contribution is -2.26. The van der Waals surface area contributed by atoms with Gasteiger partial charge in [0, 0.05) is 16.5 Å². The van der Waals surface area contributed by atoms with Gasteiger partial charge in [-0.1, -0.05) is 43.3 Å². The van der Waals surface area contributed by atoms with Crippen LogP contribution in [0.1, 0.15) is 45.2 Å². The molecule has 1 aliphatic rings. The Hall–Kier alpha value is -4.59. The Balaban J connectivity index is 1.26. The van der Waals surface area contributed by atoms with Gasteiger partial charge < -0.3 is 9.64 Å². The fourth-order valence-corrected chi connectivity index (χ4v) is 4.44. The number of carbonyl (C=O) groups excluding carboxylic acids is 2. The average Bonchev–Trinajstić information content (AvgIpc) is 3.18. The van der Waals surface area contributed by atoms with E-state index in [0.717, 1.165) is 22.0 Å². The van der Waals surface area contributed by atoms with Gasteiger partial charge in [0.15, 0.2) is 0 Å². The third-order valence-electron chi connectivity index (χ3n) is 6.25. The van der Waals surface area contributed by atoms with Crippen molar-refractivity contribution < 1.29 is 23.1 Å². The van der Waals surface area contributed by atoms with Crippen LogP contribution in [0.4, 0.5) is 14.5 Å². The number of hydrogen-bond donors (Lipinski definition) is 1. The van der Waals surface area contributed by atoms with Crippen molar-refractivity contribution in [1.82, 2.24) is 5.43 Å². The van der Waals surface area contributed by atoms with Gasteiger partial charge in [0.05, 0.1) is 17.9 Å². The highest BCUT2D eigenvalue weighted by atomic mass is 19.3. The second kappa shape index (κ2) is 10.2. The monoisotopic (exact) mass is 499 g/mol. The van der Waals surface area contributed by atoms with Gasteiger partial charge in [0.2, 0.25) is 0 Å². The molecule has 8 heteroatoms. The van der Waals surface area contributed by atoms with Crippen LogP contribution in [0, 0.1) is 0 Å². The molecule has 0 saturated carbocycles. The van der Waals surface area contributed by atoms with E-state index in [-0.39, 0.29) is 17.6 Å². The van der Waals surface area contributed by atoms with Gasteiger partial charge in [0.25, 0.3) is 11.8 Å². The maximum atomic E-state index is 13.0. The van der Waals surface area contributed by atoms with E-state index in [1.165, 1.54) is 12.1 Å². The van der Waals surface area contributed by atoms with Crippen molar-refractivity contribution >= 4 is 34.0 Å². The number of halogens is 2. The number of carbonyl (C=O) groups is 2. The van der Waals surface area contributed by atoms with E-state index in [1.54, 1.807) is 29.2 Å². The van der Waals surface area contributed by atoms with Crippen LogP contribution in [-0.2, 0) is 6.54 Å². The topological polar surface area (TPSA) is 71.0 Å². The molecular formula is C29H23F2N3O3. The molecule has 1 N–H and O–H groups in total. The summed E-state index contributed by atoms with van der Waals surface area (Å²) >= 11 is 0. The number of nitrogens with zero attached hydrogens (tertiary/aromatic N) is 2. The zero-order valence-electron chi connectivity index (χ0n) is 19.9. The molecule has 4 aromatic carbocycles. The summed E-state index contributed by atoms with van der Waals surface area (Å²) in [5.41, 5.74) is 6.72. The Morgan fingerprint density at radius 2 is 1.62 bits per heavy atom. The Bertz CT molecular complexity index is 1490. The lowest BCUT2D eigenvalue weighted by atomic mass is 10.1. The molecule has 0 unspecified atom stereocenters. The third kappa shape index (κ3) is 4.91. The zero-order valence-corrected chi connectivity index (χ0v) is 19.9. The summed E-state index contributed by atoms with van der Waals surface area (Å²) in [6, 6.07) is 24.7. The van der Waals surface area contributed by atoms with E-state index >= 15 is 0 Å². The summed E-state index contributed by atoms with van der Waals surface area (Å²) in [5, 5.41) is 6.21. The molecule has 0 spiro atoms. The quantitative estimate of drug-likeness (QED) is 0.234. The molecule has 4 aromatic rings. The van der Waals surface area contributed by atoms with E-state index in [0.29, 0.717) is 35.4 Å². The van der Waals surface area contributed by atoms with Crippen LogP contribution in [0.25, 0.3) is 10.8 Å². The van der Waals surface area contributed by atoms with E-state index < -0.39 is 6.61 Å². The van der Waals surface area contributed by atoms with Gasteiger partial charge in [0.1, 0.15) is 5.75 Å². The van der Waals surface area contributed by atoms with Crippen molar-refractivity contribution in [2.24, 2.45) is 5.10 Å². The van der Waals surface area contributed by atoms with Gasteiger partial charge in [-0.2, -0.15) is 13.9 Å². The summed E-state index contributed by atoms with van der Waals surface area (Å²) in [7, 11) is 0. The van der Waals surface area contributed by atoms with Crippen LogP contribution in [0.15, 0.2) is 90.0 Å². The average molecular weight is 500 g/mol. The van der Waals surface area contributed by atoms with Crippen LogP contribution >= 0.6 is 0 Å². The first kappa shape index (κ1) is 24.1. The molecule has 1 heterocycles. The first-order valence-electron chi connectivity index (χ1n) is 11.8. The first-order valence-corrected chi connectivity index (χ1v) is 11.8. The predicted octanol–water partition coefficient (Wildman–Crippen LogP) is 6.15. The number of amides is 2. The van der Waals surface area contributed by atoms with Crippen molar-refractivity contribution in [1.29, 1.82) is 0 Å². The fourth-order valence-electron chi connectivity index (χ4n) is 4.44. The highest BCUT2D eigenvalue weighted by Crippen LogP contribution is 2.38. The van der Waals surface area contributed by atoms with E-state index in [1.807, 2.05) is 55.5 Å². The molecule has 0 bridgehead atoms. The smallest absolute Gasteiger partial charge is 0.387 e. The number of rotatable bonds is 8. The molecule has 0 saturated heterocycles. The molecule has 1 aliphatic heterocycles. The van der Waals surface area contributed by atoms with E-state index in [2.05, 4.69) is 15.3 Å². The Morgan fingerprint density at radius 3 is 2.30 bits per heavy atom. The summed E-state index contributed by atoms with van der Waals surface area (Å²) in [6.07, 6.45) is 0.521. The standard InChI is InChI=1S/C29H23F2N3O3/c1-2-24(19-13-15-22(16-14-19)37-29(30)31)32-33-27(35)21-11-9-18(10-12-21)17-34-25-8-4-6-20-5-3-7-23(26(20)25)28(34)36/h3-16,29H,2,17H2,1H3,(H,33,35). The molecule has 2 amide bonds. The van der Waals surface area contributed by atoms with Gasteiger partial charge >= 0.3 is 6.61 Å². The SMILES string of the molecule is CCC(=NNC(=O)c1ccc(CN2C(=O)c3cccc4cccc2c34)cc1)c1ccc(OC(F)F)cc1. The summed E-state index contributed by atoms with van der Waals surface area (Å²) in [5.74, 6) is -0.372. The predicted molar refractivity (Wildman–Crippen MR) is 138 cm³/mol. The fraction of sp³-hybridized carbons (Fsp3) is 0.138. The van der Waals surface area contributed by atoms with Crippen LogP contribution < -0.4 is 15.1 Å². The van der Waals surface area contributed by atoms with Crippen molar-refractivity contribution in [3.05, 3.63) is 107 Å². The van der Waals surface area contributed by atoms with Crippen molar-refractivity contribution in [2.45, 2.75) is 26.5 Å². The van der Waals surface area contributed by atoms with Crippen molar-refractivity contribution in [3.63, 3.8) is 0 Å². The minimum absolute atomic E-state index is 0.0381. The molecule has 0 aromatic heterocycles. The first-order chi connectivity index (χ1) is 17.9. The third-order valence-corrected chi connectivity index (χ3v) is 6.25. The van der Waals surface area contributed by atoms with Crippen LogP contribution in [0.5, 0.6) is 5.75 Å². The molecule has 6 nitrogen and oxygen atoms in total. The molecular weight excluding hydrogens is 476 g/mol. The second-order valence-electron chi connectivity index (χ2n) is 8.52. The van der Waals surface area contributed by atoms with Crippen molar-refractivity contribution in [3.8, 4) is 5.75 Å². The molecule has 0 atom stereocenters. The Morgan fingerprint density at radius 1 is 0.946 bits per heavy atom. The van der Waals surface area contributed by atoms with Crippen LogP contribution in [0.3, 0.4) is 0 Å². The summed E-state index contributed by atoms with van der Waals surface area (Å²) in [4.78, 5) is 27.4. The Labute approximate surface area is 212 Å². The summed E-state index contributed by atoms with van der Waals surface area (Å²) < 4.78 is 29.1. The normalized spacial score (nSPS) is 12.9. The maximum absolute atomic E-state index is 13.0. The number of benzene rings is 4. The molecule has 0 aliphatic carbocycles. The minimum Gasteiger partial charge on any atom is -0.435 e. The highest BCUT2D eigenvalue weighted by Gasteiger charge is 2.29. The molecule has 0 radical (unpaired) electrons. The highest BCUT2D eigenvalue weighted by molar-refractivity contribution is 6.24. The maximum Gasteiger partial charge on any atom is 0.387 e. The zero-order chi connectivity index (χ0) is 25.9. The lowest BCUT2D eigenvalue weighted by molar-refractivity contribution is -0.0498. The second-order valence-corrected chi connectivity index (χ2v) is 8.52. The molecule has 37 heavy (non-hydrogen) atoms. The number of hydrazone groups is 1. The molecule has 5 rings (SSSR count). The van der Waals surface area contributed by atoms with Gasteiger partial charge in [-0.15, -0.1) is 0 Å². The number of alkyl halides is 2. The molecule has 186 valence electrons. The number of hydrogen-bond acceptors (Lipinski definition) is 4. The van der Waals surface area contributed by atoms with Crippen LogP contribution in [0.2, 0.25) is 0 Å². The molecule has 0 fully saturated rings. The van der Waals surface area contributed by atoms with Gasteiger partial charge in [-0.05, 0) is 71.5 Å². The number of ether oxygens (including phenoxy) is 1. The van der Waals surface area contributed by atoms with E-state index in [4.69, 9.17) is 0 Å². The minimum atomic E-state index is -2.89. The number of anilines is 1. The summed E-state index contributed by atoms with van der Waals surface area (Å²) in [6.45, 7) is -0.628. The van der Waals surface area contributed by atoms with Gasteiger partial charge in [-0.25, -0.2) is 5.43 Å². The van der Waals surface area contributed by atoms with Crippen LogP contribution in [-0.4, -0.2) is 24.1 Å². The largest absolute Gasteiger partial charge is 0.435 e. The van der Waals surface area contributed by atoms with Crippen molar-refractivity contribution in [2.75, 3.05) is 4.90 Å². The number of nitrogens with one attached hydrogen (secondary N) is 1. The lowest BCUT2D eigenvalue weighted by Gasteiger charge is -2.18.